The monoisotopic (exact) mass is 277 g/mol. The zero-order valence-electron chi connectivity index (χ0n) is 14.2. The molecule has 1 aromatic rings. The van der Waals surface area contributed by atoms with Crippen LogP contribution in [0, 0.1) is 0 Å². The average Bonchev–Trinajstić information content (AvgIpc) is 2.28. The summed E-state index contributed by atoms with van der Waals surface area (Å²) in [6.45, 7) is 17.2. The molecule has 20 heavy (non-hydrogen) atoms. The van der Waals surface area contributed by atoms with E-state index >= 15 is 0 Å². The zero-order valence-corrected chi connectivity index (χ0v) is 14.2. The second-order valence-electron chi connectivity index (χ2n) is 7.63. The van der Waals surface area contributed by atoms with Gasteiger partial charge in [-0.05, 0) is 53.1 Å². The third-order valence-corrected chi connectivity index (χ3v) is 3.70. The smallest absolute Gasteiger partial charge is 0.119 e. The summed E-state index contributed by atoms with van der Waals surface area (Å²) in [6, 6.07) is 4.22. The molecule has 0 radical (unpaired) electrons. The molecule has 0 aliphatic rings. The van der Waals surface area contributed by atoms with Gasteiger partial charge in [-0.3, -0.25) is 0 Å². The third-order valence-electron chi connectivity index (χ3n) is 3.70. The lowest BCUT2D eigenvalue weighted by Gasteiger charge is -2.28. The van der Waals surface area contributed by atoms with Crippen LogP contribution in [0.3, 0.4) is 0 Å². The molecule has 0 aliphatic heterocycles. The molecule has 0 aliphatic carbocycles. The van der Waals surface area contributed by atoms with Crippen LogP contribution in [0.1, 0.15) is 65.2 Å². The Morgan fingerprint density at radius 1 is 1.00 bits per heavy atom. The van der Waals surface area contributed by atoms with Gasteiger partial charge >= 0.3 is 0 Å². The van der Waals surface area contributed by atoms with Crippen LogP contribution >= 0.6 is 0 Å². The van der Waals surface area contributed by atoms with Crippen molar-refractivity contribution in [1.82, 2.24) is 5.32 Å². The highest BCUT2D eigenvalue weighted by atomic mass is 16.3. The van der Waals surface area contributed by atoms with Gasteiger partial charge in [-0.25, -0.2) is 0 Å². The van der Waals surface area contributed by atoms with E-state index in [4.69, 9.17) is 0 Å². The summed E-state index contributed by atoms with van der Waals surface area (Å²) in [5, 5.41) is 13.8. The van der Waals surface area contributed by atoms with Crippen molar-refractivity contribution in [2.24, 2.45) is 0 Å². The van der Waals surface area contributed by atoms with E-state index in [1.807, 2.05) is 6.07 Å². The number of benzene rings is 1. The molecule has 2 nitrogen and oxygen atoms in total. The fraction of sp³-hybridized carbons (Fsp3) is 0.667. The SMILES string of the molecule is CCNCCc1c(O)cc(C(C)(C)C)cc1C(C)(C)C. The van der Waals surface area contributed by atoms with Crippen molar-refractivity contribution in [3.05, 3.63) is 28.8 Å². The maximum absolute atomic E-state index is 10.5. The molecule has 0 saturated carbocycles. The standard InChI is InChI=1S/C18H31NO/c1-8-19-10-9-14-15(18(5,6)7)11-13(12-16(14)20)17(2,3)4/h11-12,19-20H,8-10H2,1-7H3. The molecular weight excluding hydrogens is 246 g/mol. The van der Waals surface area contributed by atoms with Crippen LogP contribution in [0.15, 0.2) is 12.1 Å². The largest absolute Gasteiger partial charge is 0.508 e. The van der Waals surface area contributed by atoms with Gasteiger partial charge < -0.3 is 10.4 Å². The van der Waals surface area contributed by atoms with Crippen molar-refractivity contribution in [1.29, 1.82) is 0 Å². The van der Waals surface area contributed by atoms with E-state index in [1.54, 1.807) is 0 Å². The normalized spacial score (nSPS) is 12.8. The summed E-state index contributed by atoms with van der Waals surface area (Å²) in [6.07, 6.45) is 0.872. The minimum absolute atomic E-state index is 0.0420. The Labute approximate surface area is 124 Å². The zero-order chi connectivity index (χ0) is 15.6. The fourth-order valence-electron chi connectivity index (χ4n) is 2.41. The maximum atomic E-state index is 10.5. The molecule has 0 heterocycles. The van der Waals surface area contributed by atoms with Gasteiger partial charge in [0.25, 0.3) is 0 Å². The van der Waals surface area contributed by atoms with Gasteiger partial charge in [0, 0.05) is 0 Å². The Kier molecular flexibility index (Phi) is 5.26. The quantitative estimate of drug-likeness (QED) is 0.811. The first-order chi connectivity index (χ1) is 9.07. The Morgan fingerprint density at radius 3 is 2.05 bits per heavy atom. The van der Waals surface area contributed by atoms with Gasteiger partial charge in [0.15, 0.2) is 0 Å². The van der Waals surface area contributed by atoms with Crippen molar-refractivity contribution in [3.63, 3.8) is 0 Å². The molecule has 2 heteroatoms. The molecule has 2 N–H and O–H groups in total. The first-order valence-electron chi connectivity index (χ1n) is 7.65. The Hall–Kier alpha value is -1.02. The van der Waals surface area contributed by atoms with Crippen molar-refractivity contribution in [2.45, 2.75) is 65.7 Å². The molecule has 1 rings (SSSR count). The van der Waals surface area contributed by atoms with E-state index < -0.39 is 0 Å². The summed E-state index contributed by atoms with van der Waals surface area (Å²) in [5.74, 6) is 0.445. The molecule has 114 valence electrons. The van der Waals surface area contributed by atoms with Gasteiger partial charge in [-0.1, -0.05) is 54.5 Å². The Bertz CT molecular complexity index is 450. The Balaban J connectivity index is 3.29. The van der Waals surface area contributed by atoms with Crippen LogP contribution in [0.5, 0.6) is 5.75 Å². The minimum Gasteiger partial charge on any atom is -0.508 e. The van der Waals surface area contributed by atoms with Gasteiger partial charge in [0.2, 0.25) is 0 Å². The lowest BCUT2D eigenvalue weighted by atomic mass is 9.77. The predicted octanol–water partition coefficient (Wildman–Crippen LogP) is 4.14. The van der Waals surface area contributed by atoms with Crippen LogP contribution < -0.4 is 5.32 Å². The molecule has 0 amide bonds. The highest BCUT2D eigenvalue weighted by Gasteiger charge is 2.24. The van der Waals surface area contributed by atoms with Gasteiger partial charge in [-0.15, -0.1) is 0 Å². The summed E-state index contributed by atoms with van der Waals surface area (Å²) >= 11 is 0. The van der Waals surface area contributed by atoms with E-state index in [0.29, 0.717) is 5.75 Å². The number of hydrogen-bond acceptors (Lipinski definition) is 2. The number of nitrogens with one attached hydrogen (secondary N) is 1. The second kappa shape index (κ2) is 6.17. The van der Waals surface area contributed by atoms with Crippen LogP contribution in [0.2, 0.25) is 0 Å². The van der Waals surface area contributed by atoms with E-state index in [-0.39, 0.29) is 10.8 Å². The van der Waals surface area contributed by atoms with Gasteiger partial charge in [-0.2, -0.15) is 0 Å². The summed E-state index contributed by atoms with van der Waals surface area (Å²) in [7, 11) is 0. The number of hydrogen-bond donors (Lipinski definition) is 2. The van der Waals surface area contributed by atoms with E-state index in [9.17, 15) is 5.11 Å². The van der Waals surface area contributed by atoms with Gasteiger partial charge in [0.05, 0.1) is 0 Å². The molecular formula is C18H31NO. The summed E-state index contributed by atoms with van der Waals surface area (Å²) in [4.78, 5) is 0. The molecule has 0 spiro atoms. The molecule has 0 aromatic heterocycles. The molecule has 0 atom stereocenters. The highest BCUT2D eigenvalue weighted by molar-refractivity contribution is 5.48. The topological polar surface area (TPSA) is 32.3 Å². The lowest BCUT2D eigenvalue weighted by molar-refractivity contribution is 0.455. The molecule has 1 aromatic carbocycles. The van der Waals surface area contributed by atoms with E-state index in [0.717, 1.165) is 25.1 Å². The Morgan fingerprint density at radius 2 is 1.60 bits per heavy atom. The molecule has 0 bridgehead atoms. The van der Waals surface area contributed by atoms with Crippen LogP contribution in [-0.2, 0) is 17.3 Å². The predicted molar refractivity (Wildman–Crippen MR) is 87.8 cm³/mol. The number of phenolic OH excluding ortho intramolecular Hbond substituents is 1. The van der Waals surface area contributed by atoms with Crippen molar-refractivity contribution in [3.8, 4) is 5.75 Å². The number of phenols is 1. The van der Waals surface area contributed by atoms with Crippen LogP contribution in [0.25, 0.3) is 0 Å². The average molecular weight is 277 g/mol. The molecule has 0 saturated heterocycles. The van der Waals surface area contributed by atoms with E-state index in [1.165, 1.54) is 11.1 Å². The number of rotatable bonds is 4. The van der Waals surface area contributed by atoms with Gasteiger partial charge in [0.1, 0.15) is 5.75 Å². The number of likely N-dealkylation sites (N-methyl/N-ethyl adjacent to an activating group) is 1. The van der Waals surface area contributed by atoms with Crippen molar-refractivity contribution in [2.75, 3.05) is 13.1 Å². The highest BCUT2D eigenvalue weighted by Crippen LogP contribution is 2.36. The van der Waals surface area contributed by atoms with E-state index in [2.05, 4.69) is 59.8 Å². The number of aromatic hydroxyl groups is 1. The van der Waals surface area contributed by atoms with Crippen molar-refractivity contribution >= 4 is 0 Å². The van der Waals surface area contributed by atoms with Crippen LogP contribution in [0.4, 0.5) is 0 Å². The van der Waals surface area contributed by atoms with Crippen LogP contribution in [-0.4, -0.2) is 18.2 Å². The third kappa shape index (κ3) is 4.24. The molecule has 0 unspecified atom stereocenters. The first kappa shape index (κ1) is 17.0. The lowest BCUT2D eigenvalue weighted by Crippen LogP contribution is -2.22. The fourth-order valence-corrected chi connectivity index (χ4v) is 2.41. The van der Waals surface area contributed by atoms with Crippen molar-refractivity contribution < 1.29 is 5.11 Å². The maximum Gasteiger partial charge on any atom is 0.119 e. The first-order valence-corrected chi connectivity index (χ1v) is 7.65. The minimum atomic E-state index is 0.0420. The second-order valence-corrected chi connectivity index (χ2v) is 7.63. The summed E-state index contributed by atoms with van der Waals surface area (Å²) < 4.78 is 0. The summed E-state index contributed by atoms with van der Waals surface area (Å²) in [5.41, 5.74) is 3.65. The molecule has 0 fully saturated rings.